The summed E-state index contributed by atoms with van der Waals surface area (Å²) in [6, 6.07) is 10.6. The Labute approximate surface area is 173 Å². The molecule has 2 aliphatic heterocycles. The van der Waals surface area contributed by atoms with Gasteiger partial charge in [-0.25, -0.2) is 0 Å². The molecule has 1 aromatic carbocycles. The smallest absolute Gasteiger partial charge is 0.193 e. The second-order valence-electron chi connectivity index (χ2n) is 6.53. The minimum Gasteiger partial charge on any atom is -0.373 e. The fraction of sp³-hybridized carbons (Fsp3) is 0.632. The lowest BCUT2D eigenvalue weighted by Gasteiger charge is -2.34. The minimum absolute atomic E-state index is 0. The Morgan fingerprint density at radius 1 is 1.36 bits per heavy atom. The minimum atomic E-state index is 0. The summed E-state index contributed by atoms with van der Waals surface area (Å²) in [5.41, 5.74) is 1.29. The summed E-state index contributed by atoms with van der Waals surface area (Å²) >= 11 is 2.09. The van der Waals surface area contributed by atoms with Crippen molar-refractivity contribution in [1.29, 1.82) is 0 Å². The van der Waals surface area contributed by atoms with Crippen molar-refractivity contribution in [2.45, 2.75) is 31.1 Å². The SMILES string of the molecule is CCC1CN(C(=NC)NCC2CCOC2c2ccccc2)CCS1.I. The molecule has 6 heteroatoms. The Bertz CT molecular complexity index is 543. The standard InChI is InChI=1S/C19H29N3OS.HI/c1-3-17-14-22(10-12-24-17)19(20-2)21-13-16-9-11-23-18(16)15-7-5-4-6-8-15;/h4-8,16-18H,3,9-14H2,1-2H3,(H,20,21);1H. The predicted octanol–water partition coefficient (Wildman–Crippen LogP) is 3.79. The molecule has 3 atom stereocenters. The zero-order chi connectivity index (χ0) is 16.8. The summed E-state index contributed by atoms with van der Waals surface area (Å²) in [6.45, 7) is 6.24. The van der Waals surface area contributed by atoms with Gasteiger partial charge in [0.2, 0.25) is 0 Å². The van der Waals surface area contributed by atoms with Crippen molar-refractivity contribution < 1.29 is 4.74 Å². The predicted molar refractivity (Wildman–Crippen MR) is 118 cm³/mol. The lowest BCUT2D eigenvalue weighted by molar-refractivity contribution is 0.0913. The highest BCUT2D eigenvalue weighted by Gasteiger charge is 2.30. The molecule has 0 saturated carbocycles. The summed E-state index contributed by atoms with van der Waals surface area (Å²) in [4.78, 5) is 6.94. The number of hydrogen-bond donors (Lipinski definition) is 1. The highest BCUT2D eigenvalue weighted by molar-refractivity contribution is 14.0. The van der Waals surface area contributed by atoms with E-state index in [1.807, 2.05) is 7.05 Å². The van der Waals surface area contributed by atoms with E-state index in [0.29, 0.717) is 5.92 Å². The van der Waals surface area contributed by atoms with Crippen LogP contribution in [0.1, 0.15) is 31.4 Å². The summed E-state index contributed by atoms with van der Waals surface area (Å²) < 4.78 is 6.00. The number of thioether (sulfide) groups is 1. The van der Waals surface area contributed by atoms with Gasteiger partial charge < -0.3 is 15.0 Å². The van der Waals surface area contributed by atoms with Gasteiger partial charge in [-0.1, -0.05) is 37.3 Å². The number of nitrogens with zero attached hydrogens (tertiary/aromatic N) is 2. The molecule has 0 radical (unpaired) electrons. The van der Waals surface area contributed by atoms with Crippen molar-refractivity contribution in [3.05, 3.63) is 35.9 Å². The van der Waals surface area contributed by atoms with Crippen LogP contribution in [0.25, 0.3) is 0 Å². The Kier molecular flexibility index (Phi) is 8.85. The van der Waals surface area contributed by atoms with Crippen LogP contribution in [-0.2, 0) is 4.74 Å². The van der Waals surface area contributed by atoms with E-state index in [0.717, 1.165) is 43.9 Å². The second-order valence-corrected chi connectivity index (χ2v) is 7.93. The number of benzene rings is 1. The van der Waals surface area contributed by atoms with Gasteiger partial charge in [0.15, 0.2) is 5.96 Å². The van der Waals surface area contributed by atoms with Gasteiger partial charge in [-0.15, -0.1) is 24.0 Å². The Morgan fingerprint density at radius 2 is 2.16 bits per heavy atom. The summed E-state index contributed by atoms with van der Waals surface area (Å²) in [6.07, 6.45) is 2.54. The highest BCUT2D eigenvalue weighted by Crippen LogP contribution is 2.34. The monoisotopic (exact) mass is 475 g/mol. The molecule has 2 saturated heterocycles. The number of nitrogens with one attached hydrogen (secondary N) is 1. The molecule has 0 amide bonds. The molecule has 0 aromatic heterocycles. The number of ether oxygens (including phenoxy) is 1. The Balaban J connectivity index is 0.00000225. The van der Waals surface area contributed by atoms with Gasteiger partial charge in [-0.2, -0.15) is 11.8 Å². The third kappa shape index (κ3) is 5.50. The zero-order valence-corrected chi connectivity index (χ0v) is 18.3. The van der Waals surface area contributed by atoms with E-state index in [1.54, 1.807) is 0 Å². The molecule has 0 aliphatic carbocycles. The van der Waals surface area contributed by atoms with Crippen LogP contribution in [-0.4, -0.2) is 55.2 Å². The van der Waals surface area contributed by atoms with Crippen molar-refractivity contribution in [2.75, 3.05) is 39.0 Å². The largest absolute Gasteiger partial charge is 0.373 e. The van der Waals surface area contributed by atoms with Gasteiger partial charge in [-0.05, 0) is 18.4 Å². The van der Waals surface area contributed by atoms with Crippen LogP contribution in [0, 0.1) is 5.92 Å². The van der Waals surface area contributed by atoms with Crippen molar-refractivity contribution in [3.63, 3.8) is 0 Å². The van der Waals surface area contributed by atoms with Crippen LogP contribution in [0.2, 0.25) is 0 Å². The molecule has 4 nitrogen and oxygen atoms in total. The molecule has 3 rings (SSSR count). The molecule has 25 heavy (non-hydrogen) atoms. The average Bonchev–Trinajstić information content (AvgIpc) is 3.12. The maximum Gasteiger partial charge on any atom is 0.193 e. The number of hydrogen-bond acceptors (Lipinski definition) is 3. The van der Waals surface area contributed by atoms with Crippen molar-refractivity contribution in [3.8, 4) is 0 Å². The Hall–Kier alpha value is -0.470. The second kappa shape index (κ2) is 10.6. The fourth-order valence-electron chi connectivity index (χ4n) is 3.57. The van der Waals surface area contributed by atoms with Crippen LogP contribution >= 0.6 is 35.7 Å². The number of rotatable bonds is 4. The van der Waals surface area contributed by atoms with Gasteiger partial charge in [0, 0.05) is 50.2 Å². The normalized spacial score (nSPS) is 27.0. The van der Waals surface area contributed by atoms with Crippen LogP contribution in [0.5, 0.6) is 0 Å². The topological polar surface area (TPSA) is 36.9 Å². The van der Waals surface area contributed by atoms with E-state index >= 15 is 0 Å². The van der Waals surface area contributed by atoms with Crippen LogP contribution in [0.3, 0.4) is 0 Å². The molecule has 2 heterocycles. The first kappa shape index (κ1) is 20.8. The zero-order valence-electron chi connectivity index (χ0n) is 15.2. The van der Waals surface area contributed by atoms with Crippen molar-refractivity contribution in [1.82, 2.24) is 10.2 Å². The molecule has 1 N–H and O–H groups in total. The maximum absolute atomic E-state index is 6.00. The molecular formula is C19H30IN3OS. The summed E-state index contributed by atoms with van der Waals surface area (Å²) in [7, 11) is 1.89. The average molecular weight is 475 g/mol. The quantitative estimate of drug-likeness (QED) is 0.409. The number of halogens is 1. The molecule has 3 unspecified atom stereocenters. The maximum atomic E-state index is 6.00. The lowest BCUT2D eigenvalue weighted by Crippen LogP contribution is -2.49. The van der Waals surface area contributed by atoms with E-state index in [4.69, 9.17) is 4.74 Å². The molecule has 0 spiro atoms. The van der Waals surface area contributed by atoms with Gasteiger partial charge in [0.1, 0.15) is 0 Å². The van der Waals surface area contributed by atoms with Gasteiger partial charge in [0.05, 0.1) is 6.10 Å². The first-order valence-corrected chi connectivity index (χ1v) is 10.1. The first-order chi connectivity index (χ1) is 11.8. The number of guanidine groups is 1. The third-order valence-corrected chi connectivity index (χ3v) is 6.34. The Morgan fingerprint density at radius 3 is 2.88 bits per heavy atom. The molecule has 2 fully saturated rings. The first-order valence-electron chi connectivity index (χ1n) is 9.05. The van der Waals surface area contributed by atoms with E-state index in [9.17, 15) is 0 Å². The number of aliphatic imine (C=N–C) groups is 1. The van der Waals surface area contributed by atoms with Crippen LogP contribution < -0.4 is 5.32 Å². The van der Waals surface area contributed by atoms with E-state index in [1.165, 1.54) is 17.7 Å². The van der Waals surface area contributed by atoms with Crippen molar-refractivity contribution in [2.24, 2.45) is 10.9 Å². The van der Waals surface area contributed by atoms with Crippen molar-refractivity contribution >= 4 is 41.7 Å². The van der Waals surface area contributed by atoms with Gasteiger partial charge in [0.25, 0.3) is 0 Å². The summed E-state index contributed by atoms with van der Waals surface area (Å²) in [5, 5.41) is 4.34. The molecule has 140 valence electrons. The molecule has 2 aliphatic rings. The van der Waals surface area contributed by atoms with Gasteiger partial charge in [-0.3, -0.25) is 4.99 Å². The highest BCUT2D eigenvalue weighted by atomic mass is 127. The lowest BCUT2D eigenvalue weighted by atomic mass is 9.95. The molecular weight excluding hydrogens is 445 g/mol. The van der Waals surface area contributed by atoms with E-state index < -0.39 is 0 Å². The van der Waals surface area contributed by atoms with Gasteiger partial charge >= 0.3 is 0 Å². The third-order valence-electron chi connectivity index (χ3n) is 4.97. The van der Waals surface area contributed by atoms with E-state index in [2.05, 4.69) is 64.2 Å². The van der Waals surface area contributed by atoms with Crippen LogP contribution in [0.4, 0.5) is 0 Å². The molecule has 0 bridgehead atoms. The van der Waals surface area contributed by atoms with Crippen LogP contribution in [0.15, 0.2) is 35.3 Å². The molecule has 1 aromatic rings. The fourth-order valence-corrected chi connectivity index (χ4v) is 4.75. The summed E-state index contributed by atoms with van der Waals surface area (Å²) in [5.74, 6) is 2.75. The van der Waals surface area contributed by atoms with E-state index in [-0.39, 0.29) is 30.1 Å².